The predicted molar refractivity (Wildman–Crippen MR) is 139 cm³/mol. The van der Waals surface area contributed by atoms with Crippen molar-refractivity contribution in [2.75, 3.05) is 0 Å². The van der Waals surface area contributed by atoms with Gasteiger partial charge < -0.3 is 9.11 Å². The van der Waals surface area contributed by atoms with Crippen LogP contribution in [0.25, 0.3) is 0 Å². The molecule has 2 aromatic carbocycles. The number of aryl methyl sites for hydroxylation is 2. The quantitative estimate of drug-likeness (QED) is 0.145. The Labute approximate surface area is 252 Å². The van der Waals surface area contributed by atoms with Crippen molar-refractivity contribution in [1.82, 2.24) is 0 Å². The van der Waals surface area contributed by atoms with Crippen molar-refractivity contribution < 1.29 is 25.9 Å². The fourth-order valence-electron chi connectivity index (χ4n) is 3.51. The van der Waals surface area contributed by atoms with Gasteiger partial charge in [-0.1, -0.05) is 89.5 Å². The summed E-state index contributed by atoms with van der Waals surface area (Å²) in [6.07, 6.45) is 14.0. The van der Waals surface area contributed by atoms with E-state index < -0.39 is 20.2 Å². The van der Waals surface area contributed by atoms with Gasteiger partial charge in [-0.25, -0.2) is 16.8 Å². The number of hydrogen-bond acceptors (Lipinski definition) is 6. The van der Waals surface area contributed by atoms with Crippen LogP contribution in [-0.4, -0.2) is 74.8 Å². The zero-order valence-corrected chi connectivity index (χ0v) is 27.2. The predicted octanol–water partition coefficient (Wildman–Crippen LogP) is 5.83. The van der Waals surface area contributed by atoms with Crippen LogP contribution in [0, 0.1) is 0 Å². The Bertz CT molecular complexity index is 933. The molecule has 0 saturated heterocycles. The summed E-state index contributed by atoms with van der Waals surface area (Å²) in [6, 6.07) is 12.5. The van der Waals surface area contributed by atoms with E-state index in [1.807, 2.05) is 0 Å². The Hall–Kier alpha value is -0.169. The van der Waals surface area contributed by atoms with Gasteiger partial charge in [-0.2, -0.15) is 0 Å². The van der Waals surface area contributed by atoms with Crippen LogP contribution in [-0.2, 0) is 33.1 Å². The Morgan fingerprint density at radius 2 is 0.800 bits per heavy atom. The fourth-order valence-corrected chi connectivity index (χ4v) is 4.45. The minimum atomic E-state index is -4.30. The van der Waals surface area contributed by atoms with Gasteiger partial charge in [-0.15, -0.1) is 0 Å². The third-order valence-electron chi connectivity index (χ3n) is 5.56. The van der Waals surface area contributed by atoms with Crippen LogP contribution in [0.15, 0.2) is 58.3 Å². The summed E-state index contributed by atoms with van der Waals surface area (Å²) in [6.45, 7) is 4.37. The monoisotopic (exact) mass is 648 g/mol. The molecule has 0 amide bonds. The molecule has 0 aliphatic carbocycles. The molecule has 6 nitrogen and oxygen atoms in total. The molecule has 9 heteroatoms. The molecule has 2 aromatic rings. The Morgan fingerprint density at radius 1 is 0.514 bits per heavy atom. The second kappa shape index (κ2) is 19.0. The van der Waals surface area contributed by atoms with Crippen molar-refractivity contribution in [3.63, 3.8) is 0 Å². The minimum absolute atomic E-state index is 0. The van der Waals surface area contributed by atoms with Crippen molar-refractivity contribution in [2.24, 2.45) is 0 Å². The molecule has 0 heterocycles. The molecule has 0 fully saturated rings. The molecule has 0 aliphatic rings. The molecule has 0 spiro atoms. The molecule has 2 rings (SSSR count). The van der Waals surface area contributed by atoms with Gasteiger partial charge in [0.15, 0.2) is 0 Å². The first-order chi connectivity index (χ1) is 16.1. The van der Waals surface area contributed by atoms with Crippen molar-refractivity contribution in [3.8, 4) is 0 Å². The molecule has 0 bridgehead atoms. The van der Waals surface area contributed by atoms with E-state index in [1.165, 1.54) is 75.6 Å². The van der Waals surface area contributed by atoms with Gasteiger partial charge >= 0.3 is 48.9 Å². The van der Waals surface area contributed by atoms with Crippen LogP contribution in [0.1, 0.15) is 89.2 Å². The topological polar surface area (TPSA) is 114 Å². The van der Waals surface area contributed by atoms with Gasteiger partial charge in [0.05, 0.1) is 9.79 Å². The molecule has 192 valence electrons. The molecule has 0 atom stereocenters. The summed E-state index contributed by atoms with van der Waals surface area (Å²) in [5, 5.41) is 0. The maximum Gasteiger partial charge on any atom is 2.00 e. The smallest absolute Gasteiger partial charge is 0.744 e. The van der Waals surface area contributed by atoms with Crippen molar-refractivity contribution in [2.45, 2.75) is 101 Å². The number of hydrogen-bond donors (Lipinski definition) is 0. The molecule has 0 N–H and O–H groups in total. The second-order valence-electron chi connectivity index (χ2n) is 8.52. The van der Waals surface area contributed by atoms with E-state index in [9.17, 15) is 25.9 Å². The summed E-state index contributed by atoms with van der Waals surface area (Å²) in [7, 11) is -8.60. The van der Waals surface area contributed by atoms with E-state index in [1.54, 1.807) is 24.3 Å². The average molecular weight is 648 g/mol. The zero-order valence-electron chi connectivity index (χ0n) is 21.1. The van der Waals surface area contributed by atoms with E-state index in [-0.39, 0.29) is 58.7 Å². The zero-order chi connectivity index (χ0) is 25.5. The number of rotatable bonds is 14. The first kappa shape index (κ1) is 34.8. The Morgan fingerprint density at radius 3 is 1.06 bits per heavy atom. The molecule has 35 heavy (non-hydrogen) atoms. The number of benzene rings is 2. The van der Waals surface area contributed by atoms with E-state index in [0.717, 1.165) is 36.8 Å². The van der Waals surface area contributed by atoms with Crippen molar-refractivity contribution in [3.05, 3.63) is 59.7 Å². The van der Waals surface area contributed by atoms with Gasteiger partial charge in [0.2, 0.25) is 0 Å². The summed E-state index contributed by atoms with van der Waals surface area (Å²) in [5.41, 5.74) is 2.18. The van der Waals surface area contributed by atoms with Gasteiger partial charge in [0.1, 0.15) is 20.2 Å². The van der Waals surface area contributed by atoms with Crippen molar-refractivity contribution in [1.29, 1.82) is 0 Å². The van der Waals surface area contributed by atoms with Crippen LogP contribution < -0.4 is 0 Å². The summed E-state index contributed by atoms with van der Waals surface area (Å²) in [4.78, 5) is -0.292. The standard InChI is InChI=1S/2C13H20O3S.Ba/c2*1-2-3-4-5-6-7-12-8-10-13(11-9-12)17(14,15)16;/h2*8-11H,2-7H2,1H3,(H,14,15,16);/q;;+2/p-2. The molecule has 0 saturated carbocycles. The van der Waals surface area contributed by atoms with Crippen LogP contribution in [0.3, 0.4) is 0 Å². The number of unbranched alkanes of at least 4 members (excludes halogenated alkanes) is 8. The van der Waals surface area contributed by atoms with Crippen molar-refractivity contribution >= 4 is 69.1 Å². The fraction of sp³-hybridized carbons (Fsp3) is 0.538. The van der Waals surface area contributed by atoms with Gasteiger partial charge in [0, 0.05) is 0 Å². The van der Waals surface area contributed by atoms with E-state index >= 15 is 0 Å². The molecular formula is C26H38BaO6S2. The first-order valence-corrected chi connectivity index (χ1v) is 15.0. The molecular weight excluding hydrogens is 610 g/mol. The maximum atomic E-state index is 10.7. The normalized spacial score (nSPS) is 11.3. The summed E-state index contributed by atoms with van der Waals surface area (Å²) in [5.74, 6) is 0. The third-order valence-corrected chi connectivity index (χ3v) is 7.26. The first-order valence-electron chi connectivity index (χ1n) is 12.2. The van der Waals surface area contributed by atoms with Crippen LogP contribution >= 0.6 is 0 Å². The van der Waals surface area contributed by atoms with E-state index in [4.69, 9.17) is 0 Å². The Kier molecular flexibility index (Phi) is 18.9. The molecule has 0 aromatic heterocycles. The largest absolute Gasteiger partial charge is 2.00 e. The van der Waals surface area contributed by atoms with Gasteiger partial charge in [-0.05, 0) is 61.1 Å². The third kappa shape index (κ3) is 16.3. The second-order valence-corrected chi connectivity index (χ2v) is 11.3. The Balaban J connectivity index is 0.000000642. The van der Waals surface area contributed by atoms with E-state index in [2.05, 4.69) is 13.8 Å². The average Bonchev–Trinajstić information content (AvgIpc) is 2.79. The maximum absolute atomic E-state index is 10.7. The minimum Gasteiger partial charge on any atom is -0.744 e. The summed E-state index contributed by atoms with van der Waals surface area (Å²) < 4.78 is 64.3. The molecule has 0 unspecified atom stereocenters. The van der Waals surface area contributed by atoms with Crippen LogP contribution in [0.5, 0.6) is 0 Å². The summed E-state index contributed by atoms with van der Waals surface area (Å²) >= 11 is 0. The van der Waals surface area contributed by atoms with Crippen LogP contribution in [0.4, 0.5) is 0 Å². The van der Waals surface area contributed by atoms with Crippen LogP contribution in [0.2, 0.25) is 0 Å². The molecule has 0 radical (unpaired) electrons. The van der Waals surface area contributed by atoms with E-state index in [0.29, 0.717) is 0 Å². The van der Waals surface area contributed by atoms with Gasteiger partial charge in [-0.3, -0.25) is 0 Å². The SMILES string of the molecule is CCCCCCCc1ccc(S(=O)(=O)[O-])cc1.CCCCCCCc1ccc(S(=O)(=O)[O-])cc1.[Ba+2]. The molecule has 0 aliphatic heterocycles. The van der Waals surface area contributed by atoms with Gasteiger partial charge in [0.25, 0.3) is 0 Å².